The Morgan fingerprint density at radius 2 is 1.80 bits per heavy atom. The quantitative estimate of drug-likeness (QED) is 0.483. The van der Waals surface area contributed by atoms with Crippen molar-refractivity contribution in [1.82, 2.24) is 10.6 Å². The van der Waals surface area contributed by atoms with Crippen molar-refractivity contribution in [3.05, 3.63) is 0 Å². The summed E-state index contributed by atoms with van der Waals surface area (Å²) >= 11 is 5.42. The maximum absolute atomic E-state index is 11.0. The third kappa shape index (κ3) is 9.03. The highest BCUT2D eigenvalue weighted by Crippen LogP contribution is 1.90. The molecule has 0 unspecified atom stereocenters. The molecule has 0 aliphatic heterocycles. The van der Waals surface area contributed by atoms with Crippen LogP contribution in [0.25, 0.3) is 0 Å². The Morgan fingerprint density at radius 1 is 1.20 bits per heavy atom. The van der Waals surface area contributed by atoms with Gasteiger partial charge in [-0.1, -0.05) is 0 Å². The van der Waals surface area contributed by atoms with E-state index in [1.807, 2.05) is 0 Å². The van der Waals surface area contributed by atoms with E-state index in [1.165, 1.54) is 0 Å². The smallest absolute Gasteiger partial charge is 0.234 e. The van der Waals surface area contributed by atoms with Crippen LogP contribution < -0.4 is 10.6 Å². The van der Waals surface area contributed by atoms with Crippen LogP contribution in [0.15, 0.2) is 0 Å². The molecule has 0 aliphatic rings. The van der Waals surface area contributed by atoms with Crippen molar-refractivity contribution in [2.75, 3.05) is 19.0 Å². The summed E-state index contributed by atoms with van der Waals surface area (Å²) < 4.78 is 0. The monoisotopic (exact) mass is 231 g/mol. The summed E-state index contributed by atoms with van der Waals surface area (Å²) in [6, 6.07) is 1.73. The third-order valence-corrected chi connectivity index (χ3v) is 1.81. The highest BCUT2D eigenvalue weighted by molar-refractivity contribution is 6.17. The zero-order valence-electron chi connectivity index (χ0n) is 8.38. The minimum Gasteiger partial charge on any atom is -0.354 e. The molecule has 0 fully saturated rings. The summed E-state index contributed by atoms with van der Waals surface area (Å²) in [6.45, 7) is 0.714. The summed E-state index contributed by atoms with van der Waals surface area (Å²) in [4.78, 5) is 21.8. The number of hydrogen-bond acceptors (Lipinski definition) is 3. The zero-order valence-corrected chi connectivity index (χ0v) is 9.14. The van der Waals surface area contributed by atoms with Gasteiger partial charge in [-0.25, -0.2) is 0 Å². The van der Waals surface area contributed by atoms with E-state index in [-0.39, 0.29) is 18.2 Å². The van der Waals surface area contributed by atoms with Crippen LogP contribution >= 0.6 is 11.6 Å². The number of rotatable bonds is 7. The summed E-state index contributed by atoms with van der Waals surface area (Å²) in [6.07, 6.45) is 0.893. The van der Waals surface area contributed by atoms with Gasteiger partial charge in [-0.2, -0.15) is 5.26 Å². The SMILES string of the molecule is N#CCC(=O)NCCNC(=O)CCCCl. The average Bonchev–Trinajstić information content (AvgIpc) is 2.22. The van der Waals surface area contributed by atoms with Crippen molar-refractivity contribution < 1.29 is 9.59 Å². The normalized spacial score (nSPS) is 9.07. The van der Waals surface area contributed by atoms with Crippen LogP contribution in [0.1, 0.15) is 19.3 Å². The molecule has 0 aromatic carbocycles. The van der Waals surface area contributed by atoms with Crippen LogP contribution in [0.3, 0.4) is 0 Å². The first-order valence-electron chi connectivity index (χ1n) is 4.67. The number of halogens is 1. The Morgan fingerprint density at radius 3 is 2.33 bits per heavy atom. The van der Waals surface area contributed by atoms with Gasteiger partial charge in [-0.05, 0) is 6.42 Å². The third-order valence-electron chi connectivity index (χ3n) is 1.55. The zero-order chi connectivity index (χ0) is 11.5. The second-order valence-corrected chi connectivity index (χ2v) is 3.21. The van der Waals surface area contributed by atoms with E-state index in [1.54, 1.807) is 6.07 Å². The van der Waals surface area contributed by atoms with E-state index >= 15 is 0 Å². The highest BCUT2D eigenvalue weighted by atomic mass is 35.5. The van der Waals surface area contributed by atoms with Crippen molar-refractivity contribution in [2.24, 2.45) is 0 Å². The molecule has 2 N–H and O–H groups in total. The predicted octanol–water partition coefficient (Wildman–Crippen LogP) is 0.151. The molecule has 0 saturated carbocycles. The van der Waals surface area contributed by atoms with E-state index in [9.17, 15) is 9.59 Å². The molecule has 0 heterocycles. The van der Waals surface area contributed by atoms with Crippen molar-refractivity contribution in [1.29, 1.82) is 5.26 Å². The van der Waals surface area contributed by atoms with Crippen LogP contribution in [0.5, 0.6) is 0 Å². The van der Waals surface area contributed by atoms with Crippen LogP contribution in [0.2, 0.25) is 0 Å². The van der Waals surface area contributed by atoms with Crippen molar-refractivity contribution >= 4 is 23.4 Å². The topological polar surface area (TPSA) is 82.0 Å². The van der Waals surface area contributed by atoms with E-state index in [0.717, 1.165) is 0 Å². The maximum atomic E-state index is 11.0. The summed E-state index contributed by atoms with van der Waals surface area (Å²) in [5, 5.41) is 13.3. The van der Waals surface area contributed by atoms with Gasteiger partial charge in [0.25, 0.3) is 0 Å². The lowest BCUT2D eigenvalue weighted by Crippen LogP contribution is -2.34. The molecule has 0 aromatic heterocycles. The number of amides is 2. The molecule has 0 saturated heterocycles. The lowest BCUT2D eigenvalue weighted by molar-refractivity contribution is -0.122. The first-order valence-corrected chi connectivity index (χ1v) is 5.20. The minimum atomic E-state index is -0.326. The van der Waals surface area contributed by atoms with Gasteiger partial charge in [-0.15, -0.1) is 11.6 Å². The molecule has 2 amide bonds. The molecule has 0 radical (unpaired) electrons. The molecule has 0 aromatic rings. The van der Waals surface area contributed by atoms with Crippen molar-refractivity contribution in [3.8, 4) is 6.07 Å². The molecule has 0 atom stereocenters. The Bertz CT molecular complexity index is 250. The molecular weight excluding hydrogens is 218 g/mol. The predicted molar refractivity (Wildman–Crippen MR) is 56.2 cm³/mol. The molecule has 0 bridgehead atoms. The number of nitrogens with one attached hydrogen (secondary N) is 2. The van der Waals surface area contributed by atoms with Crippen LogP contribution in [-0.4, -0.2) is 30.8 Å². The maximum Gasteiger partial charge on any atom is 0.234 e. The van der Waals surface area contributed by atoms with Crippen molar-refractivity contribution in [2.45, 2.75) is 19.3 Å². The van der Waals surface area contributed by atoms with E-state index in [0.29, 0.717) is 31.8 Å². The van der Waals surface area contributed by atoms with Gasteiger partial charge in [0, 0.05) is 25.4 Å². The van der Waals surface area contributed by atoms with Crippen LogP contribution in [0, 0.1) is 11.3 Å². The molecule has 15 heavy (non-hydrogen) atoms. The van der Waals surface area contributed by atoms with E-state index in [4.69, 9.17) is 16.9 Å². The molecule has 6 heteroatoms. The van der Waals surface area contributed by atoms with Gasteiger partial charge < -0.3 is 10.6 Å². The standard InChI is InChI=1S/C9H14ClN3O2/c10-4-1-2-8(14)12-6-7-13-9(15)3-5-11/h1-4,6-7H2,(H,12,14)(H,13,15). The van der Waals surface area contributed by atoms with Gasteiger partial charge in [0.15, 0.2) is 0 Å². The van der Waals surface area contributed by atoms with Gasteiger partial charge in [0.05, 0.1) is 6.07 Å². The van der Waals surface area contributed by atoms with Gasteiger partial charge in [-0.3, -0.25) is 9.59 Å². The lowest BCUT2D eigenvalue weighted by Gasteiger charge is -2.04. The second kappa shape index (κ2) is 9.28. The van der Waals surface area contributed by atoms with Crippen LogP contribution in [-0.2, 0) is 9.59 Å². The second-order valence-electron chi connectivity index (χ2n) is 2.83. The summed E-state index contributed by atoms with van der Waals surface area (Å²) in [5.41, 5.74) is 0. The summed E-state index contributed by atoms with van der Waals surface area (Å²) in [7, 11) is 0. The first kappa shape index (κ1) is 13.7. The van der Waals surface area contributed by atoms with E-state index < -0.39 is 0 Å². The number of hydrogen-bond donors (Lipinski definition) is 2. The molecule has 0 aliphatic carbocycles. The van der Waals surface area contributed by atoms with Crippen LogP contribution in [0.4, 0.5) is 0 Å². The number of carbonyl (C=O) groups excluding carboxylic acids is 2. The molecule has 84 valence electrons. The minimum absolute atomic E-state index is 0.0785. The van der Waals surface area contributed by atoms with Gasteiger partial charge in [0.1, 0.15) is 6.42 Å². The number of nitriles is 1. The number of alkyl halides is 1. The van der Waals surface area contributed by atoms with E-state index in [2.05, 4.69) is 10.6 Å². The number of nitrogens with zero attached hydrogens (tertiary/aromatic N) is 1. The first-order chi connectivity index (χ1) is 7.20. The fourth-order valence-corrected chi connectivity index (χ4v) is 0.988. The molecule has 0 spiro atoms. The fourth-order valence-electron chi connectivity index (χ4n) is 0.854. The van der Waals surface area contributed by atoms with Crippen molar-refractivity contribution in [3.63, 3.8) is 0 Å². The molecule has 5 nitrogen and oxygen atoms in total. The summed E-state index contributed by atoms with van der Waals surface area (Å²) in [5.74, 6) is 0.0597. The Kier molecular flexibility index (Phi) is 8.49. The number of carbonyl (C=O) groups is 2. The average molecular weight is 232 g/mol. The Hall–Kier alpha value is -1.28. The van der Waals surface area contributed by atoms with Gasteiger partial charge >= 0.3 is 0 Å². The lowest BCUT2D eigenvalue weighted by atomic mass is 10.3. The van der Waals surface area contributed by atoms with Gasteiger partial charge in [0.2, 0.25) is 11.8 Å². The molecular formula is C9H14ClN3O2. The highest BCUT2D eigenvalue weighted by Gasteiger charge is 2.01. The molecule has 0 rings (SSSR count). The Labute approximate surface area is 93.8 Å². The largest absolute Gasteiger partial charge is 0.354 e. The Balaban J connectivity index is 3.35. The fraction of sp³-hybridized carbons (Fsp3) is 0.667.